The quantitative estimate of drug-likeness (QED) is 0.587. The van der Waals surface area contributed by atoms with Crippen molar-refractivity contribution in [1.29, 1.82) is 0 Å². The molecule has 0 aromatic heterocycles. The van der Waals surface area contributed by atoms with Gasteiger partial charge in [0.2, 0.25) is 0 Å². The van der Waals surface area contributed by atoms with Crippen LogP contribution in [-0.2, 0) is 0 Å². The Hall–Kier alpha value is -1.51. The minimum atomic E-state index is -0.00912. The van der Waals surface area contributed by atoms with Crippen molar-refractivity contribution in [3.63, 3.8) is 0 Å². The van der Waals surface area contributed by atoms with Gasteiger partial charge >= 0.3 is 0 Å². The molecule has 50 valence electrons. The lowest BCUT2D eigenvalue weighted by molar-refractivity contribution is 0.425. The Bertz CT molecular complexity index is 360. The monoisotopic (exact) mass is 135 g/mol. The van der Waals surface area contributed by atoms with E-state index in [0.717, 1.165) is 11.3 Å². The lowest BCUT2D eigenvalue weighted by Gasteiger charge is -1.87. The van der Waals surface area contributed by atoms with Crippen molar-refractivity contribution in [3.05, 3.63) is 34.7 Å². The molecule has 2 aliphatic rings. The molecule has 0 spiro atoms. The van der Waals surface area contributed by atoms with Gasteiger partial charge in [-0.05, 0) is 12.1 Å². The smallest absolute Gasteiger partial charge is 0.180 e. The normalized spacial score (nSPS) is 10.4. The summed E-state index contributed by atoms with van der Waals surface area (Å²) in [6.07, 6.45) is 1.56. The van der Waals surface area contributed by atoms with Gasteiger partial charge in [-0.15, -0.1) is 0 Å². The van der Waals surface area contributed by atoms with E-state index in [1.165, 1.54) is 12.1 Å². The molecule has 0 fully saturated rings. The second-order valence-corrected chi connectivity index (χ2v) is 2.09. The number of hydrogen-bond acceptors (Lipinski definition) is 2. The highest BCUT2D eigenvalue weighted by molar-refractivity contribution is 5.57. The highest BCUT2D eigenvalue weighted by Gasteiger charge is 2.01. The van der Waals surface area contributed by atoms with Crippen LogP contribution in [0, 0.1) is 0 Å². The third-order valence-electron chi connectivity index (χ3n) is 1.38. The van der Waals surface area contributed by atoms with Gasteiger partial charge in [0.25, 0.3) is 0 Å². The fourth-order valence-electron chi connectivity index (χ4n) is 0.883. The first-order chi connectivity index (χ1) is 4.86. The van der Waals surface area contributed by atoms with Crippen molar-refractivity contribution in [2.45, 2.75) is 0 Å². The topological polar surface area (TPSA) is 46.0 Å². The second-order valence-electron chi connectivity index (χ2n) is 2.09. The van der Waals surface area contributed by atoms with E-state index < -0.39 is 0 Å². The van der Waals surface area contributed by atoms with Crippen molar-refractivity contribution < 1.29 is 4.52 Å². The number of hydrogen-bond donors (Lipinski definition) is 1. The van der Waals surface area contributed by atoms with Crippen molar-refractivity contribution >= 4 is 0 Å². The SMILES string of the molecule is O=c1ccc2co[nH]c-2c1. The Morgan fingerprint density at radius 1 is 1.40 bits per heavy atom. The molecule has 3 heteroatoms. The molecular formula is C7H5NO2. The number of rotatable bonds is 0. The molecule has 0 amide bonds. The highest BCUT2D eigenvalue weighted by atomic mass is 16.5. The highest BCUT2D eigenvalue weighted by Crippen LogP contribution is 2.15. The number of benzene rings is 1. The molecule has 10 heavy (non-hydrogen) atoms. The Morgan fingerprint density at radius 3 is 3.20 bits per heavy atom. The van der Waals surface area contributed by atoms with Crippen LogP contribution in [0.5, 0.6) is 0 Å². The van der Waals surface area contributed by atoms with Gasteiger partial charge < -0.3 is 4.52 Å². The number of H-pyrrole nitrogens is 1. The van der Waals surface area contributed by atoms with Crippen molar-refractivity contribution in [1.82, 2.24) is 5.16 Å². The van der Waals surface area contributed by atoms with Gasteiger partial charge in [-0.25, -0.2) is 5.16 Å². The van der Waals surface area contributed by atoms with Gasteiger partial charge in [-0.1, -0.05) is 0 Å². The Balaban J connectivity index is 2.87. The first kappa shape index (κ1) is 5.29. The summed E-state index contributed by atoms with van der Waals surface area (Å²) in [7, 11) is 0. The maximum atomic E-state index is 10.7. The fourth-order valence-corrected chi connectivity index (χ4v) is 0.883. The molecule has 0 saturated carbocycles. The predicted molar refractivity (Wildman–Crippen MR) is 36.0 cm³/mol. The summed E-state index contributed by atoms with van der Waals surface area (Å²) in [5.41, 5.74) is 1.65. The summed E-state index contributed by atoms with van der Waals surface area (Å²) >= 11 is 0. The van der Waals surface area contributed by atoms with E-state index in [4.69, 9.17) is 4.52 Å². The molecule has 0 atom stereocenters. The maximum absolute atomic E-state index is 10.7. The van der Waals surface area contributed by atoms with Crippen LogP contribution in [0.3, 0.4) is 0 Å². The molecule has 1 heterocycles. The average molecular weight is 135 g/mol. The Morgan fingerprint density at radius 2 is 2.30 bits per heavy atom. The molecule has 1 aliphatic heterocycles. The molecule has 0 bridgehead atoms. The number of nitrogens with one attached hydrogen (secondary N) is 1. The minimum Gasteiger partial charge on any atom is -0.389 e. The van der Waals surface area contributed by atoms with Crippen LogP contribution in [0.25, 0.3) is 11.3 Å². The fraction of sp³-hybridized carbons (Fsp3) is 0. The van der Waals surface area contributed by atoms with Crippen LogP contribution in [0.2, 0.25) is 0 Å². The maximum Gasteiger partial charge on any atom is 0.180 e. The van der Waals surface area contributed by atoms with Gasteiger partial charge in [0.05, 0.1) is 5.69 Å². The molecule has 0 radical (unpaired) electrons. The van der Waals surface area contributed by atoms with Crippen LogP contribution >= 0.6 is 0 Å². The van der Waals surface area contributed by atoms with E-state index in [0.29, 0.717) is 0 Å². The molecule has 0 saturated heterocycles. The van der Waals surface area contributed by atoms with Crippen molar-refractivity contribution in [3.8, 4) is 11.3 Å². The summed E-state index contributed by atoms with van der Waals surface area (Å²) in [5.74, 6) is 0. The van der Waals surface area contributed by atoms with Gasteiger partial charge in [0, 0.05) is 11.6 Å². The Labute approximate surface area is 56.6 Å². The van der Waals surface area contributed by atoms with Crippen LogP contribution in [0.15, 0.2) is 33.8 Å². The standard InChI is InChI=1S/C7H5NO2/c9-6-2-1-5-4-10-8-7(5)3-6/h1-4,8H. The predicted octanol–water partition coefficient (Wildman–Crippen LogP) is 1.07. The van der Waals surface area contributed by atoms with E-state index in [1.54, 1.807) is 12.3 Å². The van der Waals surface area contributed by atoms with Crippen LogP contribution < -0.4 is 5.43 Å². The van der Waals surface area contributed by atoms with E-state index >= 15 is 0 Å². The van der Waals surface area contributed by atoms with E-state index in [2.05, 4.69) is 5.16 Å². The molecular weight excluding hydrogens is 130 g/mol. The van der Waals surface area contributed by atoms with Gasteiger partial charge in [0.15, 0.2) is 5.43 Å². The molecule has 3 nitrogen and oxygen atoms in total. The largest absolute Gasteiger partial charge is 0.389 e. The summed E-state index contributed by atoms with van der Waals surface area (Å²) in [6, 6.07) is 4.72. The lowest BCUT2D eigenvalue weighted by atomic mass is 10.2. The molecule has 2 rings (SSSR count). The zero-order valence-corrected chi connectivity index (χ0v) is 5.13. The first-order valence-electron chi connectivity index (χ1n) is 2.92. The third-order valence-corrected chi connectivity index (χ3v) is 1.38. The lowest BCUT2D eigenvalue weighted by Crippen LogP contribution is -1.95. The Kier molecular flexibility index (Phi) is 0.917. The van der Waals surface area contributed by atoms with E-state index in [9.17, 15) is 4.79 Å². The van der Waals surface area contributed by atoms with Gasteiger partial charge in [0.1, 0.15) is 6.26 Å². The van der Waals surface area contributed by atoms with Crippen LogP contribution in [0.4, 0.5) is 0 Å². The first-order valence-corrected chi connectivity index (χ1v) is 2.92. The number of fused-ring (bicyclic) bond motifs is 1. The minimum absolute atomic E-state index is 0.00912. The van der Waals surface area contributed by atoms with Crippen molar-refractivity contribution in [2.24, 2.45) is 0 Å². The third kappa shape index (κ3) is 0.639. The van der Waals surface area contributed by atoms with Crippen molar-refractivity contribution in [2.75, 3.05) is 0 Å². The molecule has 1 N–H and O–H groups in total. The summed E-state index contributed by atoms with van der Waals surface area (Å²) < 4.78 is 4.76. The zero-order valence-electron chi connectivity index (χ0n) is 5.13. The van der Waals surface area contributed by atoms with Crippen LogP contribution in [-0.4, -0.2) is 5.16 Å². The molecule has 0 unspecified atom stereocenters. The zero-order chi connectivity index (χ0) is 6.97. The van der Waals surface area contributed by atoms with Crippen LogP contribution in [0.1, 0.15) is 0 Å². The molecule has 1 aliphatic carbocycles. The number of aromatic amines is 1. The summed E-state index contributed by atoms with van der Waals surface area (Å²) in [5, 5.41) is 2.59. The number of aromatic nitrogens is 1. The van der Waals surface area contributed by atoms with E-state index in [-0.39, 0.29) is 5.43 Å². The van der Waals surface area contributed by atoms with Gasteiger partial charge in [-0.2, -0.15) is 0 Å². The molecule has 0 aromatic rings. The van der Waals surface area contributed by atoms with E-state index in [1.807, 2.05) is 0 Å². The average Bonchev–Trinajstić information content (AvgIpc) is 2.33. The van der Waals surface area contributed by atoms with Gasteiger partial charge in [-0.3, -0.25) is 4.79 Å². The summed E-state index contributed by atoms with van der Waals surface area (Å²) in [6.45, 7) is 0. The second kappa shape index (κ2) is 1.73. The molecule has 0 aromatic carbocycles. The summed E-state index contributed by atoms with van der Waals surface area (Å²) in [4.78, 5) is 10.7.